The molecule has 2 rings (SSSR count). The van der Waals surface area contributed by atoms with Crippen LogP contribution < -0.4 is 0 Å². The van der Waals surface area contributed by atoms with Crippen molar-refractivity contribution >= 4 is 11.8 Å². The van der Waals surface area contributed by atoms with Crippen LogP contribution in [0.25, 0.3) is 0 Å². The summed E-state index contributed by atoms with van der Waals surface area (Å²) < 4.78 is 0. The summed E-state index contributed by atoms with van der Waals surface area (Å²) in [7, 11) is 0. The molecule has 6 heteroatoms. The molecule has 1 heterocycles. The van der Waals surface area contributed by atoms with Gasteiger partial charge in [0.2, 0.25) is 0 Å². The Morgan fingerprint density at radius 1 is 1.20 bits per heavy atom. The summed E-state index contributed by atoms with van der Waals surface area (Å²) >= 11 is 0. The third kappa shape index (κ3) is 2.72. The lowest BCUT2D eigenvalue weighted by Crippen LogP contribution is -2.38. The Kier molecular flexibility index (Phi) is 3.89. The second-order valence-electron chi connectivity index (χ2n) is 5.24. The maximum Gasteiger partial charge on any atom is 0.285 e. The van der Waals surface area contributed by atoms with Crippen molar-refractivity contribution < 1.29 is 24.6 Å². The van der Waals surface area contributed by atoms with E-state index in [2.05, 4.69) is 0 Å². The number of hydrogen-bond donors (Lipinski definition) is 2. The van der Waals surface area contributed by atoms with Gasteiger partial charge in [-0.15, -0.1) is 5.06 Å². The summed E-state index contributed by atoms with van der Waals surface area (Å²) in [5, 5.41) is 19.9. The number of fused-ring (bicyclic) bond motifs is 1. The molecule has 1 aromatic rings. The lowest BCUT2D eigenvalue weighted by atomic mass is 10.00. The van der Waals surface area contributed by atoms with E-state index in [-0.39, 0.29) is 13.0 Å². The van der Waals surface area contributed by atoms with Crippen molar-refractivity contribution in [3.05, 3.63) is 35.4 Å². The van der Waals surface area contributed by atoms with Gasteiger partial charge in [-0.25, -0.2) is 0 Å². The fourth-order valence-electron chi connectivity index (χ4n) is 1.89. The van der Waals surface area contributed by atoms with Gasteiger partial charge >= 0.3 is 0 Å². The van der Waals surface area contributed by atoms with Crippen LogP contribution in [0.1, 0.15) is 41.0 Å². The number of rotatable bonds is 5. The first-order valence-electron chi connectivity index (χ1n) is 6.33. The first-order valence-corrected chi connectivity index (χ1v) is 6.33. The van der Waals surface area contributed by atoms with E-state index >= 15 is 0 Å². The molecule has 0 aliphatic carbocycles. The topological polar surface area (TPSA) is 87.1 Å². The van der Waals surface area contributed by atoms with Crippen LogP contribution in [0, 0.1) is 0 Å². The summed E-state index contributed by atoms with van der Waals surface area (Å²) in [5.74, 6) is -1.02. The van der Waals surface area contributed by atoms with Crippen LogP contribution in [0.5, 0.6) is 0 Å². The predicted molar refractivity (Wildman–Crippen MR) is 69.8 cm³/mol. The van der Waals surface area contributed by atoms with E-state index in [1.807, 2.05) is 0 Å². The van der Waals surface area contributed by atoms with Crippen LogP contribution in [0.2, 0.25) is 0 Å². The van der Waals surface area contributed by atoms with Crippen LogP contribution >= 0.6 is 0 Å². The number of aliphatic hydroxyl groups excluding tert-OH is 1. The number of nitrogens with zero attached hydrogens (tertiary/aromatic N) is 1. The summed E-state index contributed by atoms with van der Waals surface area (Å²) in [6.07, 6.45) is -0.894. The molecule has 0 aromatic heterocycles. The van der Waals surface area contributed by atoms with Crippen LogP contribution in [0.15, 0.2) is 24.3 Å². The first kappa shape index (κ1) is 14.6. The second kappa shape index (κ2) is 5.32. The zero-order valence-electron chi connectivity index (χ0n) is 11.4. The van der Waals surface area contributed by atoms with Gasteiger partial charge in [0.25, 0.3) is 11.8 Å². The summed E-state index contributed by atoms with van der Waals surface area (Å²) in [4.78, 5) is 29.0. The van der Waals surface area contributed by atoms with Crippen molar-refractivity contribution in [2.75, 3.05) is 6.61 Å². The molecular weight excluding hydrogens is 262 g/mol. The number of imide groups is 1. The number of aliphatic hydroxyl groups is 2. The van der Waals surface area contributed by atoms with Crippen molar-refractivity contribution in [3.8, 4) is 0 Å². The van der Waals surface area contributed by atoms with Gasteiger partial charge in [-0.1, -0.05) is 12.1 Å². The van der Waals surface area contributed by atoms with Gasteiger partial charge in [0.1, 0.15) is 0 Å². The fourth-order valence-corrected chi connectivity index (χ4v) is 1.89. The lowest BCUT2D eigenvalue weighted by Gasteiger charge is -2.24. The van der Waals surface area contributed by atoms with Gasteiger partial charge in [-0.2, -0.15) is 0 Å². The van der Waals surface area contributed by atoms with Gasteiger partial charge in [0, 0.05) is 6.42 Å². The molecule has 0 bridgehead atoms. The van der Waals surface area contributed by atoms with Crippen LogP contribution in [0.3, 0.4) is 0 Å². The molecule has 1 unspecified atom stereocenters. The molecule has 1 aliphatic heterocycles. The quantitative estimate of drug-likeness (QED) is 0.776. The molecule has 0 spiro atoms. The molecule has 1 aromatic carbocycles. The molecule has 2 amide bonds. The van der Waals surface area contributed by atoms with Crippen LogP contribution in [0.4, 0.5) is 0 Å². The molecule has 2 N–H and O–H groups in total. The van der Waals surface area contributed by atoms with Crippen molar-refractivity contribution in [1.82, 2.24) is 5.06 Å². The summed E-state index contributed by atoms with van der Waals surface area (Å²) in [6, 6.07) is 6.46. The number of carbonyl (C=O) groups is 2. The minimum atomic E-state index is -1.26. The van der Waals surface area contributed by atoms with Gasteiger partial charge in [-0.3, -0.25) is 14.4 Å². The predicted octanol–water partition coefficient (Wildman–Crippen LogP) is 0.736. The van der Waals surface area contributed by atoms with E-state index in [4.69, 9.17) is 4.84 Å². The molecule has 1 atom stereocenters. The normalized spacial score (nSPS) is 16.5. The van der Waals surface area contributed by atoms with E-state index in [1.165, 1.54) is 13.8 Å². The van der Waals surface area contributed by atoms with E-state index in [0.717, 1.165) is 0 Å². The van der Waals surface area contributed by atoms with E-state index < -0.39 is 23.5 Å². The summed E-state index contributed by atoms with van der Waals surface area (Å²) in [5.41, 5.74) is -0.646. The van der Waals surface area contributed by atoms with Crippen molar-refractivity contribution in [1.29, 1.82) is 0 Å². The van der Waals surface area contributed by atoms with E-state index in [1.54, 1.807) is 24.3 Å². The molecule has 0 saturated heterocycles. The van der Waals surface area contributed by atoms with Crippen molar-refractivity contribution in [2.24, 2.45) is 0 Å². The SMILES string of the molecule is CC(C)(O)C(O)CCON1C(=O)c2ccccc2C1=O. The second-order valence-corrected chi connectivity index (χ2v) is 5.24. The number of hydrogen-bond acceptors (Lipinski definition) is 5. The third-order valence-electron chi connectivity index (χ3n) is 3.18. The first-order chi connectivity index (χ1) is 9.32. The fraction of sp³-hybridized carbons (Fsp3) is 0.429. The Morgan fingerprint density at radius 2 is 1.70 bits per heavy atom. The Labute approximate surface area is 116 Å². The summed E-state index contributed by atoms with van der Waals surface area (Å²) in [6.45, 7) is 2.90. The number of hydroxylamine groups is 2. The Balaban J connectivity index is 1.96. The molecule has 1 aliphatic rings. The smallest absolute Gasteiger partial charge is 0.285 e. The molecule has 108 valence electrons. The highest BCUT2D eigenvalue weighted by Gasteiger charge is 2.36. The van der Waals surface area contributed by atoms with Crippen LogP contribution in [-0.2, 0) is 4.84 Å². The average molecular weight is 279 g/mol. The van der Waals surface area contributed by atoms with E-state index in [9.17, 15) is 19.8 Å². The zero-order valence-corrected chi connectivity index (χ0v) is 11.4. The Bertz CT molecular complexity index is 500. The van der Waals surface area contributed by atoms with Gasteiger partial charge in [0.15, 0.2) is 0 Å². The zero-order chi connectivity index (χ0) is 14.9. The molecule has 20 heavy (non-hydrogen) atoms. The molecular formula is C14H17NO5. The minimum Gasteiger partial charge on any atom is -0.390 e. The maximum atomic E-state index is 11.9. The number of amides is 2. The highest BCUT2D eigenvalue weighted by atomic mass is 16.7. The number of benzene rings is 1. The standard InChI is InChI=1S/C14H17NO5/c1-14(2,19)11(16)7-8-20-15-12(17)9-5-3-4-6-10(9)13(15)18/h3-6,11,16,19H,7-8H2,1-2H3. The van der Waals surface area contributed by atoms with Crippen molar-refractivity contribution in [2.45, 2.75) is 32.0 Å². The Hall–Kier alpha value is -1.76. The molecule has 6 nitrogen and oxygen atoms in total. The van der Waals surface area contributed by atoms with Gasteiger partial charge in [-0.05, 0) is 26.0 Å². The molecule has 0 saturated carbocycles. The van der Waals surface area contributed by atoms with Gasteiger partial charge < -0.3 is 10.2 Å². The van der Waals surface area contributed by atoms with Crippen LogP contribution in [-0.4, -0.2) is 45.4 Å². The molecule has 0 radical (unpaired) electrons. The third-order valence-corrected chi connectivity index (χ3v) is 3.18. The highest BCUT2D eigenvalue weighted by Crippen LogP contribution is 2.23. The lowest BCUT2D eigenvalue weighted by molar-refractivity contribution is -0.114. The highest BCUT2D eigenvalue weighted by molar-refractivity contribution is 6.20. The van der Waals surface area contributed by atoms with Crippen molar-refractivity contribution in [3.63, 3.8) is 0 Å². The molecule has 0 fully saturated rings. The maximum absolute atomic E-state index is 11.9. The number of carbonyl (C=O) groups excluding carboxylic acids is 2. The monoisotopic (exact) mass is 279 g/mol. The van der Waals surface area contributed by atoms with Gasteiger partial charge in [0.05, 0.1) is 29.4 Å². The minimum absolute atomic E-state index is 0.0450. The van der Waals surface area contributed by atoms with E-state index in [0.29, 0.717) is 16.2 Å². The largest absolute Gasteiger partial charge is 0.390 e. The average Bonchev–Trinajstić information content (AvgIpc) is 2.63. The Morgan fingerprint density at radius 3 is 2.15 bits per heavy atom.